The number of nitrogens with zero attached hydrogens (tertiary/aromatic N) is 2. The molecule has 0 atom stereocenters. The molecular formula is C16H15N3O2. The van der Waals surface area contributed by atoms with E-state index in [9.17, 15) is 0 Å². The van der Waals surface area contributed by atoms with E-state index < -0.39 is 0 Å². The lowest BCUT2D eigenvalue weighted by Gasteiger charge is -2.09. The number of hydrogen-bond acceptors (Lipinski definition) is 5. The van der Waals surface area contributed by atoms with Crippen LogP contribution >= 0.6 is 0 Å². The quantitative estimate of drug-likeness (QED) is 0.793. The number of benzene rings is 1. The zero-order valence-corrected chi connectivity index (χ0v) is 11.8. The first-order valence-electron chi connectivity index (χ1n) is 6.54. The van der Waals surface area contributed by atoms with Crippen molar-refractivity contribution in [2.45, 2.75) is 0 Å². The molecule has 0 saturated carbocycles. The maximum atomic E-state index is 5.89. The van der Waals surface area contributed by atoms with Crippen molar-refractivity contribution in [3.05, 3.63) is 48.8 Å². The Morgan fingerprint density at radius 3 is 2.57 bits per heavy atom. The van der Waals surface area contributed by atoms with Crippen LogP contribution in [-0.2, 0) is 0 Å². The first-order valence-corrected chi connectivity index (χ1v) is 6.54. The van der Waals surface area contributed by atoms with Crippen LogP contribution in [-0.4, -0.2) is 24.1 Å². The van der Waals surface area contributed by atoms with Crippen LogP contribution in [0.25, 0.3) is 10.9 Å². The highest BCUT2D eigenvalue weighted by Gasteiger charge is 2.06. The Bertz CT molecular complexity index is 757. The molecule has 2 heterocycles. The molecule has 0 aliphatic rings. The van der Waals surface area contributed by atoms with Gasteiger partial charge >= 0.3 is 0 Å². The third-order valence-electron chi connectivity index (χ3n) is 3.13. The van der Waals surface area contributed by atoms with Crippen LogP contribution in [0.2, 0.25) is 0 Å². The van der Waals surface area contributed by atoms with Crippen molar-refractivity contribution in [1.82, 2.24) is 9.97 Å². The minimum Gasteiger partial charge on any atom is -0.497 e. The van der Waals surface area contributed by atoms with Gasteiger partial charge in [0, 0.05) is 24.7 Å². The summed E-state index contributed by atoms with van der Waals surface area (Å²) in [6, 6.07) is 11.3. The Morgan fingerprint density at radius 2 is 1.86 bits per heavy atom. The normalized spacial score (nSPS) is 10.4. The average Bonchev–Trinajstić information content (AvgIpc) is 2.55. The number of ether oxygens (including phenoxy) is 2. The second-order valence-corrected chi connectivity index (χ2v) is 4.42. The van der Waals surface area contributed by atoms with Gasteiger partial charge in [0.05, 0.1) is 18.8 Å². The lowest BCUT2D eigenvalue weighted by molar-refractivity contribution is 0.415. The van der Waals surface area contributed by atoms with Crippen LogP contribution in [0, 0.1) is 0 Å². The van der Waals surface area contributed by atoms with Crippen LogP contribution in [0.5, 0.6) is 17.2 Å². The van der Waals surface area contributed by atoms with Gasteiger partial charge in [-0.05, 0) is 30.3 Å². The number of nitrogens with one attached hydrogen (secondary N) is 1. The molecule has 2 aromatic heterocycles. The van der Waals surface area contributed by atoms with E-state index in [2.05, 4.69) is 15.3 Å². The highest BCUT2D eigenvalue weighted by molar-refractivity contribution is 5.86. The summed E-state index contributed by atoms with van der Waals surface area (Å²) < 4.78 is 11.1. The summed E-state index contributed by atoms with van der Waals surface area (Å²) in [5.41, 5.74) is 0.826. The standard InChI is InChI=1S/C16H15N3O2/c1-17-16-6-4-12(10-19-16)21-15-7-8-18-14-9-11(20-2)3-5-13(14)15/h3-10H,1-2H3,(H,17,19). The Kier molecular flexibility index (Phi) is 3.55. The first kappa shape index (κ1) is 13.2. The van der Waals surface area contributed by atoms with E-state index in [1.807, 2.05) is 43.4 Å². The van der Waals surface area contributed by atoms with Crippen molar-refractivity contribution in [1.29, 1.82) is 0 Å². The number of fused-ring (bicyclic) bond motifs is 1. The second kappa shape index (κ2) is 5.66. The maximum Gasteiger partial charge on any atom is 0.145 e. The number of pyridine rings is 2. The molecule has 0 saturated heterocycles. The summed E-state index contributed by atoms with van der Waals surface area (Å²) >= 11 is 0. The number of rotatable bonds is 4. The molecule has 0 spiro atoms. The number of anilines is 1. The lowest BCUT2D eigenvalue weighted by atomic mass is 10.2. The summed E-state index contributed by atoms with van der Waals surface area (Å²) in [4.78, 5) is 8.56. The van der Waals surface area contributed by atoms with Crippen molar-refractivity contribution >= 4 is 16.7 Å². The Balaban J connectivity index is 1.95. The van der Waals surface area contributed by atoms with Crippen molar-refractivity contribution in [3.8, 4) is 17.2 Å². The maximum absolute atomic E-state index is 5.89. The van der Waals surface area contributed by atoms with E-state index >= 15 is 0 Å². The molecule has 1 N–H and O–H groups in total. The van der Waals surface area contributed by atoms with Crippen LogP contribution < -0.4 is 14.8 Å². The summed E-state index contributed by atoms with van der Waals surface area (Å²) in [5.74, 6) is 2.98. The largest absolute Gasteiger partial charge is 0.497 e. The van der Waals surface area contributed by atoms with Crippen LogP contribution in [0.4, 0.5) is 5.82 Å². The van der Waals surface area contributed by atoms with Crippen LogP contribution in [0.3, 0.4) is 0 Å². The molecule has 3 aromatic rings. The predicted octanol–water partition coefficient (Wildman–Crippen LogP) is 3.47. The SMILES string of the molecule is CNc1ccc(Oc2ccnc3cc(OC)ccc23)cn1. The van der Waals surface area contributed by atoms with Crippen molar-refractivity contribution < 1.29 is 9.47 Å². The minimum absolute atomic E-state index is 0.678. The molecular weight excluding hydrogens is 266 g/mol. The van der Waals surface area contributed by atoms with Gasteiger partial charge in [0.2, 0.25) is 0 Å². The Hall–Kier alpha value is -2.82. The molecule has 0 aliphatic carbocycles. The molecule has 5 nitrogen and oxygen atoms in total. The van der Waals surface area contributed by atoms with E-state index in [1.54, 1.807) is 19.5 Å². The first-order chi connectivity index (χ1) is 10.3. The second-order valence-electron chi connectivity index (χ2n) is 4.42. The van der Waals surface area contributed by atoms with Gasteiger partial charge in [0.25, 0.3) is 0 Å². The molecule has 0 unspecified atom stereocenters. The average molecular weight is 281 g/mol. The van der Waals surface area contributed by atoms with Crippen molar-refractivity contribution in [2.75, 3.05) is 19.5 Å². The van der Waals surface area contributed by atoms with Gasteiger partial charge in [-0.2, -0.15) is 0 Å². The highest BCUT2D eigenvalue weighted by Crippen LogP contribution is 2.30. The molecule has 3 rings (SSSR count). The monoisotopic (exact) mass is 281 g/mol. The Morgan fingerprint density at radius 1 is 1.00 bits per heavy atom. The van der Waals surface area contributed by atoms with E-state index in [-0.39, 0.29) is 0 Å². The molecule has 0 radical (unpaired) electrons. The van der Waals surface area contributed by atoms with Gasteiger partial charge < -0.3 is 14.8 Å². The zero-order valence-electron chi connectivity index (χ0n) is 11.8. The van der Waals surface area contributed by atoms with E-state index in [0.717, 1.165) is 28.2 Å². The fourth-order valence-electron chi connectivity index (χ4n) is 2.03. The number of aromatic nitrogens is 2. The molecule has 0 fully saturated rings. The summed E-state index contributed by atoms with van der Waals surface area (Å²) in [5, 5.41) is 3.90. The van der Waals surface area contributed by atoms with E-state index in [1.165, 1.54) is 0 Å². The predicted molar refractivity (Wildman–Crippen MR) is 82.2 cm³/mol. The van der Waals surface area contributed by atoms with E-state index in [0.29, 0.717) is 5.75 Å². The van der Waals surface area contributed by atoms with Crippen molar-refractivity contribution in [3.63, 3.8) is 0 Å². The Labute approximate surface area is 122 Å². The third kappa shape index (κ3) is 2.72. The molecule has 0 amide bonds. The van der Waals surface area contributed by atoms with Gasteiger partial charge in [0.1, 0.15) is 23.1 Å². The highest BCUT2D eigenvalue weighted by atomic mass is 16.5. The van der Waals surface area contributed by atoms with Gasteiger partial charge in [-0.25, -0.2) is 4.98 Å². The van der Waals surface area contributed by atoms with Gasteiger partial charge in [0.15, 0.2) is 0 Å². The molecule has 0 aliphatic heterocycles. The molecule has 5 heteroatoms. The molecule has 1 aromatic carbocycles. The lowest BCUT2D eigenvalue weighted by Crippen LogP contribution is -1.93. The number of hydrogen-bond donors (Lipinski definition) is 1. The minimum atomic E-state index is 0.678. The molecule has 106 valence electrons. The topological polar surface area (TPSA) is 56.3 Å². The fraction of sp³-hybridized carbons (Fsp3) is 0.125. The third-order valence-corrected chi connectivity index (χ3v) is 3.13. The van der Waals surface area contributed by atoms with Crippen LogP contribution in [0.15, 0.2) is 48.8 Å². The van der Waals surface area contributed by atoms with Crippen LogP contribution in [0.1, 0.15) is 0 Å². The summed E-state index contributed by atoms with van der Waals surface area (Å²) in [6.45, 7) is 0. The smallest absolute Gasteiger partial charge is 0.145 e. The van der Waals surface area contributed by atoms with E-state index in [4.69, 9.17) is 9.47 Å². The molecule has 21 heavy (non-hydrogen) atoms. The van der Waals surface area contributed by atoms with Gasteiger partial charge in [-0.15, -0.1) is 0 Å². The molecule has 0 bridgehead atoms. The zero-order chi connectivity index (χ0) is 14.7. The van der Waals surface area contributed by atoms with Crippen molar-refractivity contribution in [2.24, 2.45) is 0 Å². The number of methoxy groups -OCH3 is 1. The fourth-order valence-corrected chi connectivity index (χ4v) is 2.03. The summed E-state index contributed by atoms with van der Waals surface area (Å²) in [7, 11) is 3.46. The van der Waals surface area contributed by atoms with Gasteiger partial charge in [-0.1, -0.05) is 0 Å². The summed E-state index contributed by atoms with van der Waals surface area (Å²) in [6.07, 6.45) is 3.40. The van der Waals surface area contributed by atoms with Gasteiger partial charge in [-0.3, -0.25) is 4.98 Å².